The lowest BCUT2D eigenvalue weighted by Crippen LogP contribution is -2.13. The number of halogens is 2. The van der Waals surface area contributed by atoms with Gasteiger partial charge in [0.15, 0.2) is 0 Å². The van der Waals surface area contributed by atoms with E-state index >= 15 is 0 Å². The van der Waals surface area contributed by atoms with Crippen molar-refractivity contribution < 1.29 is 4.79 Å². The lowest BCUT2D eigenvalue weighted by molar-refractivity contribution is 0.102. The van der Waals surface area contributed by atoms with Gasteiger partial charge >= 0.3 is 0 Å². The number of hydrogen-bond donors (Lipinski definition) is 1. The third-order valence-electron chi connectivity index (χ3n) is 2.52. The van der Waals surface area contributed by atoms with E-state index in [1.165, 1.54) is 0 Å². The fourth-order valence-electron chi connectivity index (χ4n) is 1.65. The SMILES string of the molecule is Cc1cc(Br)ccc1C(=O)Nc1cccc(I)c1. The van der Waals surface area contributed by atoms with Crippen LogP contribution in [-0.4, -0.2) is 5.91 Å². The molecule has 92 valence electrons. The lowest BCUT2D eigenvalue weighted by Gasteiger charge is -2.08. The molecule has 2 nitrogen and oxygen atoms in total. The summed E-state index contributed by atoms with van der Waals surface area (Å²) in [6.07, 6.45) is 0. The highest BCUT2D eigenvalue weighted by atomic mass is 127. The molecule has 1 N–H and O–H groups in total. The number of hydrogen-bond acceptors (Lipinski definition) is 1. The molecule has 18 heavy (non-hydrogen) atoms. The first-order valence-corrected chi connectivity index (χ1v) is 7.26. The molecule has 0 spiro atoms. The fraction of sp³-hybridized carbons (Fsp3) is 0.0714. The van der Waals surface area contributed by atoms with Crippen molar-refractivity contribution in [2.75, 3.05) is 5.32 Å². The van der Waals surface area contributed by atoms with Gasteiger partial charge in [0.1, 0.15) is 0 Å². The predicted octanol–water partition coefficient (Wildman–Crippen LogP) is 4.61. The topological polar surface area (TPSA) is 29.1 Å². The first kappa shape index (κ1) is 13.5. The van der Waals surface area contributed by atoms with Crippen LogP contribution < -0.4 is 5.32 Å². The highest BCUT2D eigenvalue weighted by Crippen LogP contribution is 2.18. The quantitative estimate of drug-likeness (QED) is 0.712. The third kappa shape index (κ3) is 3.32. The van der Waals surface area contributed by atoms with Gasteiger partial charge in [-0.1, -0.05) is 22.0 Å². The van der Waals surface area contributed by atoms with Gasteiger partial charge in [-0.2, -0.15) is 0 Å². The van der Waals surface area contributed by atoms with Crippen molar-refractivity contribution in [2.24, 2.45) is 0 Å². The normalized spacial score (nSPS) is 10.2. The molecule has 0 fully saturated rings. The predicted molar refractivity (Wildman–Crippen MR) is 86.0 cm³/mol. The smallest absolute Gasteiger partial charge is 0.255 e. The molecule has 0 bridgehead atoms. The van der Waals surface area contributed by atoms with Gasteiger partial charge in [-0.15, -0.1) is 0 Å². The van der Waals surface area contributed by atoms with Crippen LogP contribution in [0, 0.1) is 10.5 Å². The molecule has 0 unspecified atom stereocenters. The Balaban J connectivity index is 2.22. The highest BCUT2D eigenvalue weighted by Gasteiger charge is 2.09. The first-order chi connectivity index (χ1) is 8.56. The fourth-order valence-corrected chi connectivity index (χ4v) is 2.67. The Morgan fingerprint density at radius 3 is 2.67 bits per heavy atom. The largest absolute Gasteiger partial charge is 0.322 e. The van der Waals surface area contributed by atoms with Gasteiger partial charge in [0.2, 0.25) is 0 Å². The Morgan fingerprint density at radius 1 is 1.22 bits per heavy atom. The average molecular weight is 416 g/mol. The van der Waals surface area contributed by atoms with Crippen molar-refractivity contribution in [1.29, 1.82) is 0 Å². The van der Waals surface area contributed by atoms with Crippen LogP contribution in [0.25, 0.3) is 0 Å². The van der Waals surface area contributed by atoms with Crippen LogP contribution >= 0.6 is 38.5 Å². The van der Waals surface area contributed by atoms with Crippen molar-refractivity contribution in [2.45, 2.75) is 6.92 Å². The molecule has 0 aliphatic carbocycles. The van der Waals surface area contributed by atoms with Gasteiger partial charge in [0.25, 0.3) is 5.91 Å². The zero-order chi connectivity index (χ0) is 13.1. The van der Waals surface area contributed by atoms with Crippen LogP contribution in [-0.2, 0) is 0 Å². The van der Waals surface area contributed by atoms with Crippen molar-refractivity contribution in [3.63, 3.8) is 0 Å². The molecular formula is C14H11BrINO. The standard InChI is InChI=1S/C14H11BrINO/c1-9-7-10(15)5-6-13(9)14(18)17-12-4-2-3-11(16)8-12/h2-8H,1H3,(H,17,18). The lowest BCUT2D eigenvalue weighted by atomic mass is 10.1. The molecule has 4 heteroatoms. The molecule has 0 aliphatic heterocycles. The first-order valence-electron chi connectivity index (χ1n) is 5.39. The molecule has 2 aromatic rings. The third-order valence-corrected chi connectivity index (χ3v) is 3.68. The Labute approximate surface area is 128 Å². The van der Waals surface area contributed by atoms with Gasteiger partial charge < -0.3 is 5.32 Å². The van der Waals surface area contributed by atoms with Crippen molar-refractivity contribution in [3.8, 4) is 0 Å². The number of nitrogens with one attached hydrogen (secondary N) is 1. The van der Waals surface area contributed by atoms with Gasteiger partial charge in [-0.05, 0) is 71.5 Å². The molecule has 0 saturated heterocycles. The van der Waals surface area contributed by atoms with E-state index in [4.69, 9.17) is 0 Å². The summed E-state index contributed by atoms with van der Waals surface area (Å²) in [4.78, 5) is 12.1. The molecule has 0 heterocycles. The Bertz CT molecular complexity index is 598. The molecule has 0 aliphatic rings. The van der Waals surface area contributed by atoms with E-state index in [1.807, 2.05) is 49.4 Å². The maximum absolute atomic E-state index is 12.1. The molecule has 2 aromatic carbocycles. The summed E-state index contributed by atoms with van der Waals surface area (Å²) in [5.41, 5.74) is 2.46. The molecular weight excluding hydrogens is 405 g/mol. The second kappa shape index (κ2) is 5.84. The summed E-state index contributed by atoms with van der Waals surface area (Å²) in [6.45, 7) is 1.93. The van der Waals surface area contributed by atoms with Crippen molar-refractivity contribution in [3.05, 3.63) is 61.6 Å². The van der Waals surface area contributed by atoms with Gasteiger partial charge in [0, 0.05) is 19.3 Å². The summed E-state index contributed by atoms with van der Waals surface area (Å²) in [7, 11) is 0. The van der Waals surface area contributed by atoms with Crippen LogP contribution in [0.5, 0.6) is 0 Å². The van der Waals surface area contributed by atoms with Crippen molar-refractivity contribution >= 4 is 50.1 Å². The number of aryl methyl sites for hydroxylation is 1. The summed E-state index contributed by atoms with van der Waals surface area (Å²) >= 11 is 5.61. The Kier molecular flexibility index (Phi) is 4.40. The zero-order valence-corrected chi connectivity index (χ0v) is 13.4. The monoisotopic (exact) mass is 415 g/mol. The number of rotatable bonds is 2. The van der Waals surface area contributed by atoms with E-state index in [-0.39, 0.29) is 5.91 Å². The number of carbonyl (C=O) groups excluding carboxylic acids is 1. The van der Waals surface area contributed by atoms with E-state index < -0.39 is 0 Å². The van der Waals surface area contributed by atoms with E-state index in [0.29, 0.717) is 5.56 Å². The van der Waals surface area contributed by atoms with Crippen molar-refractivity contribution in [1.82, 2.24) is 0 Å². The number of amides is 1. The summed E-state index contributed by atoms with van der Waals surface area (Å²) in [6, 6.07) is 13.4. The molecule has 2 rings (SSSR count). The van der Waals surface area contributed by atoms with Crippen LogP contribution in [0.15, 0.2) is 46.9 Å². The molecule has 0 saturated carbocycles. The minimum atomic E-state index is -0.0815. The molecule has 0 aromatic heterocycles. The van der Waals surface area contributed by atoms with E-state index in [0.717, 1.165) is 19.3 Å². The molecule has 1 amide bonds. The highest BCUT2D eigenvalue weighted by molar-refractivity contribution is 14.1. The molecule has 0 radical (unpaired) electrons. The van der Waals surface area contributed by atoms with Gasteiger partial charge in [0.05, 0.1) is 0 Å². The van der Waals surface area contributed by atoms with Crippen LogP contribution in [0.4, 0.5) is 5.69 Å². The maximum Gasteiger partial charge on any atom is 0.255 e. The van der Waals surface area contributed by atoms with Crippen LogP contribution in [0.2, 0.25) is 0 Å². The van der Waals surface area contributed by atoms with E-state index in [1.54, 1.807) is 0 Å². The maximum atomic E-state index is 12.1. The van der Waals surface area contributed by atoms with Crippen LogP contribution in [0.3, 0.4) is 0 Å². The summed E-state index contributed by atoms with van der Waals surface area (Å²) in [5.74, 6) is -0.0815. The summed E-state index contributed by atoms with van der Waals surface area (Å²) < 4.78 is 2.07. The number of carbonyl (C=O) groups is 1. The summed E-state index contributed by atoms with van der Waals surface area (Å²) in [5, 5.41) is 2.90. The minimum Gasteiger partial charge on any atom is -0.322 e. The second-order valence-corrected chi connectivity index (χ2v) is 6.09. The van der Waals surface area contributed by atoms with E-state index in [9.17, 15) is 4.79 Å². The second-order valence-electron chi connectivity index (χ2n) is 3.92. The van der Waals surface area contributed by atoms with Gasteiger partial charge in [-0.25, -0.2) is 0 Å². The Morgan fingerprint density at radius 2 is 2.00 bits per heavy atom. The number of anilines is 1. The molecule has 0 atom stereocenters. The minimum absolute atomic E-state index is 0.0815. The number of benzene rings is 2. The van der Waals surface area contributed by atoms with Crippen LogP contribution in [0.1, 0.15) is 15.9 Å². The van der Waals surface area contributed by atoms with E-state index in [2.05, 4.69) is 43.8 Å². The van der Waals surface area contributed by atoms with Gasteiger partial charge in [-0.3, -0.25) is 4.79 Å². The zero-order valence-electron chi connectivity index (χ0n) is 9.71. The average Bonchev–Trinajstić information content (AvgIpc) is 2.28. The Hall–Kier alpha value is -0.880.